The zero-order valence-electron chi connectivity index (χ0n) is 7.38. The van der Waals surface area contributed by atoms with Gasteiger partial charge >= 0.3 is 5.97 Å². The lowest BCUT2D eigenvalue weighted by atomic mass is 10.0. The van der Waals surface area contributed by atoms with Gasteiger partial charge in [0.05, 0.1) is 11.1 Å². The van der Waals surface area contributed by atoms with E-state index in [0.717, 1.165) is 6.20 Å². The van der Waals surface area contributed by atoms with Crippen LogP contribution in [0.25, 0.3) is 0 Å². The summed E-state index contributed by atoms with van der Waals surface area (Å²) >= 11 is 0. The van der Waals surface area contributed by atoms with E-state index >= 15 is 0 Å². The van der Waals surface area contributed by atoms with Crippen molar-refractivity contribution in [1.29, 1.82) is 0 Å². The highest BCUT2D eigenvalue weighted by molar-refractivity contribution is 5.91. The normalized spacial score (nSPS) is 10.7. The van der Waals surface area contributed by atoms with Gasteiger partial charge in [-0.1, -0.05) is 0 Å². The number of carboxylic acid groups (broad SMARTS) is 1. The lowest BCUT2D eigenvalue weighted by molar-refractivity contribution is 0.0680. The van der Waals surface area contributed by atoms with Gasteiger partial charge < -0.3 is 10.8 Å². The largest absolute Gasteiger partial charge is 0.478 e. The zero-order valence-corrected chi connectivity index (χ0v) is 7.38. The number of alkyl halides is 2. The molecule has 0 spiro atoms. The van der Waals surface area contributed by atoms with Crippen molar-refractivity contribution in [2.45, 2.75) is 13.0 Å². The third-order valence-corrected chi connectivity index (χ3v) is 1.80. The Morgan fingerprint density at radius 2 is 2.20 bits per heavy atom. The molecule has 0 radical (unpaired) electrons. The summed E-state index contributed by atoms with van der Waals surface area (Å²) in [6.45, 7) is -0.297. The third-order valence-electron chi connectivity index (χ3n) is 1.80. The summed E-state index contributed by atoms with van der Waals surface area (Å²) < 4.78 is 37.6. The SMILES string of the molecule is NCc1cnc(F)c(C(F)F)c1C(=O)O. The molecule has 0 saturated heterocycles. The van der Waals surface area contributed by atoms with Crippen molar-refractivity contribution >= 4 is 5.97 Å². The molecule has 1 aromatic rings. The molecule has 1 rings (SSSR count). The minimum absolute atomic E-state index is 0.126. The number of nitrogens with zero attached hydrogens (tertiary/aromatic N) is 1. The van der Waals surface area contributed by atoms with Gasteiger partial charge in [0, 0.05) is 12.7 Å². The van der Waals surface area contributed by atoms with Crippen LogP contribution in [0, 0.1) is 5.95 Å². The first kappa shape index (κ1) is 11.4. The first-order valence-electron chi connectivity index (χ1n) is 3.87. The van der Waals surface area contributed by atoms with Crippen molar-refractivity contribution in [3.63, 3.8) is 0 Å². The van der Waals surface area contributed by atoms with Crippen molar-refractivity contribution < 1.29 is 23.1 Å². The molecule has 82 valence electrons. The first-order chi connectivity index (χ1) is 6.99. The average Bonchev–Trinajstić information content (AvgIpc) is 2.16. The number of rotatable bonds is 3. The minimum Gasteiger partial charge on any atom is -0.478 e. The van der Waals surface area contributed by atoms with Crippen LogP contribution in [0.4, 0.5) is 13.2 Å². The third kappa shape index (κ3) is 2.07. The number of carbonyl (C=O) groups is 1. The highest BCUT2D eigenvalue weighted by Crippen LogP contribution is 2.27. The number of carboxylic acids is 1. The van der Waals surface area contributed by atoms with E-state index in [4.69, 9.17) is 10.8 Å². The van der Waals surface area contributed by atoms with E-state index in [1.165, 1.54) is 0 Å². The van der Waals surface area contributed by atoms with E-state index in [0.29, 0.717) is 0 Å². The molecule has 0 aliphatic carbocycles. The Bertz CT molecular complexity index is 396. The monoisotopic (exact) mass is 220 g/mol. The minimum atomic E-state index is -3.24. The quantitative estimate of drug-likeness (QED) is 0.753. The molecular weight excluding hydrogens is 213 g/mol. The van der Waals surface area contributed by atoms with Gasteiger partial charge in [0.2, 0.25) is 5.95 Å². The van der Waals surface area contributed by atoms with Gasteiger partial charge in [0.25, 0.3) is 6.43 Å². The maximum Gasteiger partial charge on any atom is 0.336 e. The number of aromatic nitrogens is 1. The summed E-state index contributed by atoms with van der Waals surface area (Å²) in [6, 6.07) is 0. The van der Waals surface area contributed by atoms with Crippen LogP contribution in [0.15, 0.2) is 6.20 Å². The highest BCUT2D eigenvalue weighted by Gasteiger charge is 2.26. The molecule has 0 fully saturated rings. The molecule has 4 nitrogen and oxygen atoms in total. The molecule has 0 atom stereocenters. The van der Waals surface area contributed by atoms with Crippen molar-refractivity contribution in [2.75, 3.05) is 0 Å². The number of pyridine rings is 1. The van der Waals surface area contributed by atoms with E-state index < -0.39 is 29.5 Å². The van der Waals surface area contributed by atoms with Gasteiger partial charge in [-0.15, -0.1) is 0 Å². The van der Waals surface area contributed by atoms with Gasteiger partial charge in [-0.05, 0) is 5.56 Å². The fourth-order valence-corrected chi connectivity index (χ4v) is 1.15. The Morgan fingerprint density at radius 1 is 1.60 bits per heavy atom. The van der Waals surface area contributed by atoms with Crippen LogP contribution in [-0.4, -0.2) is 16.1 Å². The van der Waals surface area contributed by atoms with Crippen LogP contribution < -0.4 is 5.73 Å². The molecule has 3 N–H and O–H groups in total. The predicted octanol–water partition coefficient (Wildman–Crippen LogP) is 1.32. The lowest BCUT2D eigenvalue weighted by Gasteiger charge is -2.09. The first-order valence-corrected chi connectivity index (χ1v) is 3.87. The van der Waals surface area contributed by atoms with Crippen molar-refractivity contribution in [2.24, 2.45) is 5.73 Å². The fourth-order valence-electron chi connectivity index (χ4n) is 1.15. The number of hydrogen-bond donors (Lipinski definition) is 2. The number of hydrogen-bond acceptors (Lipinski definition) is 3. The second-order valence-corrected chi connectivity index (χ2v) is 2.67. The molecule has 0 saturated carbocycles. The molecule has 0 amide bonds. The van der Waals surface area contributed by atoms with Crippen LogP contribution in [0.5, 0.6) is 0 Å². The summed E-state index contributed by atoms with van der Waals surface area (Å²) in [4.78, 5) is 13.7. The second-order valence-electron chi connectivity index (χ2n) is 2.67. The molecule has 0 aliphatic heterocycles. The Hall–Kier alpha value is -1.63. The van der Waals surface area contributed by atoms with E-state index in [1.807, 2.05) is 0 Å². The van der Waals surface area contributed by atoms with Crippen LogP contribution in [-0.2, 0) is 6.54 Å². The van der Waals surface area contributed by atoms with Crippen molar-refractivity contribution in [3.8, 4) is 0 Å². The Kier molecular flexibility index (Phi) is 3.25. The van der Waals surface area contributed by atoms with E-state index in [9.17, 15) is 18.0 Å². The summed E-state index contributed by atoms with van der Waals surface area (Å²) in [6.07, 6.45) is -2.40. The standard InChI is InChI=1S/C8H7F3N2O2/c9-6(10)5-4(8(14)15)3(1-12)2-13-7(5)11/h2,6H,1,12H2,(H,14,15). The molecule has 0 aliphatic rings. The van der Waals surface area contributed by atoms with Crippen molar-refractivity contribution in [3.05, 3.63) is 28.8 Å². The maximum absolute atomic E-state index is 12.9. The Labute approximate surface area is 82.5 Å². The van der Waals surface area contributed by atoms with Crippen LogP contribution in [0.1, 0.15) is 27.9 Å². The lowest BCUT2D eigenvalue weighted by Crippen LogP contribution is -2.14. The van der Waals surface area contributed by atoms with Gasteiger partial charge in [-0.2, -0.15) is 4.39 Å². The molecule has 0 unspecified atom stereocenters. The van der Waals surface area contributed by atoms with E-state index in [2.05, 4.69) is 4.98 Å². The van der Waals surface area contributed by atoms with Gasteiger partial charge in [0.1, 0.15) is 0 Å². The number of halogens is 3. The van der Waals surface area contributed by atoms with Gasteiger partial charge in [0.15, 0.2) is 0 Å². The summed E-state index contributed by atoms with van der Waals surface area (Å²) in [5.41, 5.74) is 2.99. The average molecular weight is 220 g/mol. The zero-order chi connectivity index (χ0) is 11.6. The smallest absolute Gasteiger partial charge is 0.336 e. The Morgan fingerprint density at radius 3 is 2.60 bits per heavy atom. The predicted molar refractivity (Wildman–Crippen MR) is 44.0 cm³/mol. The molecule has 1 heterocycles. The fraction of sp³-hybridized carbons (Fsp3) is 0.250. The molecule has 15 heavy (non-hydrogen) atoms. The Balaban J connectivity index is 3.51. The van der Waals surface area contributed by atoms with Gasteiger partial charge in [-0.25, -0.2) is 18.6 Å². The van der Waals surface area contributed by atoms with Crippen LogP contribution >= 0.6 is 0 Å². The van der Waals surface area contributed by atoms with E-state index in [1.54, 1.807) is 0 Å². The molecule has 1 aromatic heterocycles. The second kappa shape index (κ2) is 4.26. The molecule has 0 aromatic carbocycles. The maximum atomic E-state index is 12.9. The summed E-state index contributed by atoms with van der Waals surface area (Å²) in [7, 11) is 0. The number of aromatic carboxylic acids is 1. The number of nitrogens with two attached hydrogens (primary N) is 1. The molecule has 0 bridgehead atoms. The highest BCUT2D eigenvalue weighted by atomic mass is 19.3. The molecular formula is C8H7F3N2O2. The van der Waals surface area contributed by atoms with Crippen molar-refractivity contribution in [1.82, 2.24) is 4.98 Å². The van der Waals surface area contributed by atoms with Crippen LogP contribution in [0.2, 0.25) is 0 Å². The van der Waals surface area contributed by atoms with E-state index in [-0.39, 0.29) is 12.1 Å². The summed E-state index contributed by atoms with van der Waals surface area (Å²) in [5.74, 6) is -3.13. The van der Waals surface area contributed by atoms with Crippen LogP contribution in [0.3, 0.4) is 0 Å². The topological polar surface area (TPSA) is 76.2 Å². The van der Waals surface area contributed by atoms with Gasteiger partial charge in [-0.3, -0.25) is 0 Å². The summed E-state index contributed by atoms with van der Waals surface area (Å²) in [5, 5.41) is 8.67. The molecule has 7 heteroatoms.